The van der Waals surface area contributed by atoms with Gasteiger partial charge in [0.25, 0.3) is 0 Å². The van der Waals surface area contributed by atoms with E-state index < -0.39 is 0 Å². The number of carbonyl (C=O) groups excluding carboxylic acids is 1. The number of hydrogen-bond acceptors (Lipinski definition) is 9. The van der Waals surface area contributed by atoms with E-state index in [1.54, 1.807) is 21.3 Å². The number of unbranched alkanes of at least 4 members (excludes halogenated alkanes) is 6. The highest BCUT2D eigenvalue weighted by atomic mass is 16.6. The van der Waals surface area contributed by atoms with Gasteiger partial charge in [0, 0.05) is 37.2 Å². The molecular formula is C48H58N2O7. The molecule has 0 N–H and O–H groups in total. The summed E-state index contributed by atoms with van der Waals surface area (Å²) in [5.74, 6) is 4.22. The van der Waals surface area contributed by atoms with Crippen molar-refractivity contribution in [1.82, 2.24) is 9.80 Å². The Morgan fingerprint density at radius 3 is 2.09 bits per heavy atom. The van der Waals surface area contributed by atoms with Crippen LogP contribution in [0.25, 0.3) is 0 Å². The largest absolute Gasteiger partial charge is 0.493 e. The van der Waals surface area contributed by atoms with Crippen molar-refractivity contribution in [3.63, 3.8) is 0 Å². The highest BCUT2D eigenvalue weighted by molar-refractivity contribution is 5.76. The summed E-state index contributed by atoms with van der Waals surface area (Å²) < 4.78 is 37.9. The Balaban J connectivity index is 1.34. The summed E-state index contributed by atoms with van der Waals surface area (Å²) in [5, 5.41) is 0. The predicted octanol–water partition coefficient (Wildman–Crippen LogP) is 10.4. The van der Waals surface area contributed by atoms with Crippen LogP contribution >= 0.6 is 0 Å². The molecule has 8 rings (SSSR count). The van der Waals surface area contributed by atoms with Gasteiger partial charge < -0.3 is 28.4 Å². The highest BCUT2D eigenvalue weighted by Crippen LogP contribution is 2.52. The van der Waals surface area contributed by atoms with E-state index in [2.05, 4.69) is 66.9 Å². The molecule has 9 nitrogen and oxygen atoms in total. The van der Waals surface area contributed by atoms with Gasteiger partial charge in [0.2, 0.25) is 5.75 Å². The van der Waals surface area contributed by atoms with Crippen molar-refractivity contribution in [1.29, 1.82) is 0 Å². The van der Waals surface area contributed by atoms with E-state index in [4.69, 9.17) is 28.4 Å². The Morgan fingerprint density at radius 1 is 0.719 bits per heavy atom. The average molecular weight is 775 g/mol. The fourth-order valence-corrected chi connectivity index (χ4v) is 8.61. The Bertz CT molecular complexity index is 2040. The molecular weight excluding hydrogens is 717 g/mol. The zero-order valence-corrected chi connectivity index (χ0v) is 34.4. The smallest absolute Gasteiger partial charge is 0.311 e. The Hall–Kier alpha value is -4.99. The summed E-state index contributed by atoms with van der Waals surface area (Å²) in [5.41, 5.74) is 6.75. The van der Waals surface area contributed by atoms with Crippen molar-refractivity contribution in [2.75, 3.05) is 48.5 Å². The predicted molar refractivity (Wildman–Crippen MR) is 224 cm³/mol. The first-order valence-electron chi connectivity index (χ1n) is 20.6. The lowest BCUT2D eigenvalue weighted by Crippen LogP contribution is -2.34. The Kier molecular flexibility index (Phi) is 13.1. The van der Waals surface area contributed by atoms with Gasteiger partial charge in [-0.25, -0.2) is 0 Å². The number of carbonyl (C=O) groups is 1. The highest BCUT2D eigenvalue weighted by Gasteiger charge is 2.35. The lowest BCUT2D eigenvalue weighted by Gasteiger charge is -2.37. The van der Waals surface area contributed by atoms with Crippen molar-refractivity contribution in [2.24, 2.45) is 0 Å². The molecule has 4 aliphatic heterocycles. The zero-order valence-electron chi connectivity index (χ0n) is 34.4. The van der Waals surface area contributed by atoms with Crippen LogP contribution in [0.2, 0.25) is 0 Å². The maximum absolute atomic E-state index is 13.7. The first-order chi connectivity index (χ1) is 27.8. The van der Waals surface area contributed by atoms with Crippen molar-refractivity contribution in [3.8, 4) is 46.0 Å². The van der Waals surface area contributed by atoms with Crippen LogP contribution < -0.4 is 28.4 Å². The number of allylic oxidation sites excluding steroid dienone is 1. The molecule has 2 atom stereocenters. The Morgan fingerprint density at radius 2 is 1.35 bits per heavy atom. The molecule has 4 aromatic carbocycles. The summed E-state index contributed by atoms with van der Waals surface area (Å²) in [6.45, 7) is 5.57. The molecule has 0 unspecified atom stereocenters. The summed E-state index contributed by atoms with van der Waals surface area (Å²) in [7, 11) is 9.29. The SMILES string of the molecule is C=CCCCCCCCCC(=O)Oc1c(OC)cc2c3c1Oc1cc4c(cc1OC)CCN(C)[C@H]4Cc1ccc(cc1)Oc1cc(ccc1OC)C[C@@H]3N(C)CC2. The van der Waals surface area contributed by atoms with Crippen LogP contribution in [-0.4, -0.2) is 64.3 Å². The molecule has 9 heteroatoms. The third kappa shape index (κ3) is 9.10. The number of esters is 1. The molecule has 0 aromatic heterocycles. The maximum atomic E-state index is 13.7. The number of likely N-dealkylation sites (N-methyl/N-ethyl adjacent to an activating group) is 2. The van der Waals surface area contributed by atoms with Gasteiger partial charge in [-0.05, 0) is 129 Å². The number of ether oxygens (including phenoxy) is 6. The second kappa shape index (κ2) is 18.5. The third-order valence-corrected chi connectivity index (χ3v) is 11.9. The van der Waals surface area contributed by atoms with E-state index in [9.17, 15) is 4.79 Å². The van der Waals surface area contributed by atoms with Gasteiger partial charge >= 0.3 is 5.97 Å². The number of benzene rings is 4. The molecule has 0 aliphatic carbocycles. The van der Waals surface area contributed by atoms with Crippen LogP contribution in [0, 0.1) is 0 Å². The number of nitrogens with zero attached hydrogens (tertiary/aromatic N) is 2. The minimum atomic E-state index is -0.304. The van der Waals surface area contributed by atoms with Gasteiger partial charge in [0.15, 0.2) is 34.5 Å². The fourth-order valence-electron chi connectivity index (χ4n) is 8.61. The van der Waals surface area contributed by atoms with Gasteiger partial charge in [-0.2, -0.15) is 0 Å². The minimum Gasteiger partial charge on any atom is -0.493 e. The van der Waals surface area contributed by atoms with Crippen LogP contribution in [-0.2, 0) is 30.5 Å². The summed E-state index contributed by atoms with van der Waals surface area (Å²) >= 11 is 0. The van der Waals surface area contributed by atoms with Crippen LogP contribution in [0.5, 0.6) is 46.0 Å². The number of fused-ring (bicyclic) bond motifs is 2. The lowest BCUT2D eigenvalue weighted by molar-refractivity contribution is -0.134. The summed E-state index contributed by atoms with van der Waals surface area (Å²) in [6, 6.07) is 20.7. The summed E-state index contributed by atoms with van der Waals surface area (Å²) in [6.07, 6.45) is 12.8. The van der Waals surface area contributed by atoms with Crippen LogP contribution in [0.3, 0.4) is 0 Å². The molecule has 6 bridgehead atoms. The van der Waals surface area contributed by atoms with E-state index in [1.165, 1.54) is 23.1 Å². The van der Waals surface area contributed by atoms with Crippen molar-refractivity contribution in [3.05, 3.63) is 107 Å². The molecule has 0 fully saturated rings. The van der Waals surface area contributed by atoms with Crippen LogP contribution in [0.1, 0.15) is 96.8 Å². The molecule has 0 radical (unpaired) electrons. The molecule has 0 saturated heterocycles. The van der Waals surface area contributed by atoms with Gasteiger partial charge in [-0.15, -0.1) is 6.58 Å². The van der Waals surface area contributed by atoms with E-state index in [1.807, 2.05) is 30.3 Å². The summed E-state index contributed by atoms with van der Waals surface area (Å²) in [4.78, 5) is 18.5. The standard InChI is InChI=1S/C48H58N2O7/c1-7-8-9-10-11-12-13-14-15-45(51)57-47-44(54-6)30-35-23-25-50(3)39-27-33-18-21-40(52-4)42(28-33)55-36-19-16-32(17-20-36)26-38-37-31-43(56-48(47)46(35)39)41(53-5)29-34(37)22-24-49(38)2/h7,16-21,28-31,38-39H,1,8-15,22-27H2,2-6H3/t38-,39-/m0/s1. The zero-order chi connectivity index (χ0) is 39.9. The fraction of sp³-hybridized carbons (Fsp3) is 0.438. The topological polar surface area (TPSA) is 78.9 Å². The maximum Gasteiger partial charge on any atom is 0.311 e. The molecule has 57 heavy (non-hydrogen) atoms. The van der Waals surface area contributed by atoms with Crippen LogP contribution in [0.4, 0.5) is 0 Å². The molecule has 4 aliphatic rings. The van der Waals surface area contributed by atoms with Crippen molar-refractivity contribution < 1.29 is 33.2 Å². The number of hydrogen-bond donors (Lipinski definition) is 0. The van der Waals surface area contributed by atoms with Gasteiger partial charge in [0.05, 0.1) is 21.3 Å². The van der Waals surface area contributed by atoms with Gasteiger partial charge in [-0.1, -0.05) is 50.0 Å². The van der Waals surface area contributed by atoms with E-state index >= 15 is 0 Å². The lowest BCUT2D eigenvalue weighted by atomic mass is 9.87. The number of rotatable bonds is 13. The molecule has 0 spiro atoms. The molecule has 4 heterocycles. The second-order valence-electron chi connectivity index (χ2n) is 15.7. The first kappa shape index (κ1) is 40.2. The van der Waals surface area contributed by atoms with Crippen molar-refractivity contribution >= 4 is 5.97 Å². The first-order valence-corrected chi connectivity index (χ1v) is 20.6. The molecule has 0 saturated carbocycles. The normalized spacial score (nSPS) is 17.6. The molecule has 0 amide bonds. The van der Waals surface area contributed by atoms with E-state index in [0.717, 1.165) is 93.3 Å². The van der Waals surface area contributed by atoms with E-state index in [0.29, 0.717) is 53.1 Å². The Labute approximate surface area is 338 Å². The molecule has 302 valence electrons. The average Bonchev–Trinajstić information content (AvgIpc) is 3.22. The van der Waals surface area contributed by atoms with Gasteiger partial charge in [0.1, 0.15) is 5.75 Å². The second-order valence-corrected chi connectivity index (χ2v) is 15.7. The van der Waals surface area contributed by atoms with E-state index in [-0.39, 0.29) is 18.1 Å². The van der Waals surface area contributed by atoms with Crippen molar-refractivity contribution in [2.45, 2.75) is 89.1 Å². The van der Waals surface area contributed by atoms with Gasteiger partial charge in [-0.3, -0.25) is 14.6 Å². The number of methoxy groups -OCH3 is 3. The molecule has 4 aromatic rings. The monoisotopic (exact) mass is 774 g/mol. The quantitative estimate of drug-likeness (QED) is 0.0571. The minimum absolute atomic E-state index is 0.0989. The third-order valence-electron chi connectivity index (χ3n) is 11.9. The van der Waals surface area contributed by atoms with Crippen LogP contribution in [0.15, 0.2) is 73.3 Å².